The first kappa shape index (κ1) is 16.3. The van der Waals surface area contributed by atoms with Gasteiger partial charge in [0.2, 0.25) is 0 Å². The molecule has 0 N–H and O–H groups in total. The average molecular weight is 249 g/mol. The second-order valence-corrected chi connectivity index (χ2v) is 3.36. The lowest BCUT2D eigenvalue weighted by atomic mass is 9.97. The van der Waals surface area contributed by atoms with Crippen LogP contribution in [0.25, 0.3) is 0 Å². The van der Waals surface area contributed by atoms with Crippen LogP contribution in [-0.4, -0.2) is 13.2 Å². The van der Waals surface area contributed by atoms with Crippen LogP contribution in [0.1, 0.15) is 31.7 Å². The van der Waals surface area contributed by atoms with Crippen molar-refractivity contribution in [1.82, 2.24) is 0 Å². The van der Waals surface area contributed by atoms with Crippen molar-refractivity contribution in [1.29, 1.82) is 5.26 Å². The van der Waals surface area contributed by atoms with Crippen LogP contribution in [0.2, 0.25) is 0 Å². The quantitative estimate of drug-likeness (QED) is 0.563. The SMILES string of the molecule is C=CCOCCC(C#N)c1ccccc1F.CC. The van der Waals surface area contributed by atoms with Crippen LogP contribution in [0, 0.1) is 17.1 Å². The van der Waals surface area contributed by atoms with Gasteiger partial charge in [0, 0.05) is 12.2 Å². The lowest BCUT2D eigenvalue weighted by molar-refractivity contribution is 0.157. The van der Waals surface area contributed by atoms with Crippen molar-refractivity contribution >= 4 is 0 Å². The van der Waals surface area contributed by atoms with E-state index in [0.717, 1.165) is 0 Å². The monoisotopic (exact) mass is 249 g/mol. The molecule has 98 valence electrons. The summed E-state index contributed by atoms with van der Waals surface area (Å²) in [5.74, 6) is -0.788. The molecule has 0 heterocycles. The molecule has 0 bridgehead atoms. The normalized spacial score (nSPS) is 10.8. The van der Waals surface area contributed by atoms with E-state index in [9.17, 15) is 4.39 Å². The molecule has 1 rings (SSSR count). The van der Waals surface area contributed by atoms with E-state index in [-0.39, 0.29) is 5.82 Å². The third-order valence-electron chi connectivity index (χ3n) is 2.22. The van der Waals surface area contributed by atoms with Gasteiger partial charge in [-0.2, -0.15) is 5.26 Å². The second kappa shape index (κ2) is 10.5. The van der Waals surface area contributed by atoms with Gasteiger partial charge < -0.3 is 4.74 Å². The molecule has 0 aliphatic rings. The molecule has 0 amide bonds. The van der Waals surface area contributed by atoms with E-state index in [4.69, 9.17) is 10.00 Å². The van der Waals surface area contributed by atoms with Gasteiger partial charge >= 0.3 is 0 Å². The van der Waals surface area contributed by atoms with Crippen molar-refractivity contribution in [3.8, 4) is 6.07 Å². The molecule has 2 nitrogen and oxygen atoms in total. The second-order valence-electron chi connectivity index (χ2n) is 3.36. The molecule has 3 heteroatoms. The van der Waals surface area contributed by atoms with E-state index in [1.807, 2.05) is 13.8 Å². The van der Waals surface area contributed by atoms with Gasteiger partial charge in [-0.3, -0.25) is 0 Å². The van der Waals surface area contributed by atoms with Gasteiger partial charge in [0.15, 0.2) is 0 Å². The fourth-order valence-corrected chi connectivity index (χ4v) is 1.42. The summed E-state index contributed by atoms with van der Waals surface area (Å²) in [6.07, 6.45) is 2.13. The molecule has 0 aliphatic carbocycles. The number of hydrogen-bond donors (Lipinski definition) is 0. The van der Waals surface area contributed by atoms with Crippen LogP contribution in [0.15, 0.2) is 36.9 Å². The summed E-state index contributed by atoms with van der Waals surface area (Å²) in [6.45, 7) is 8.40. The molecule has 0 saturated heterocycles. The highest BCUT2D eigenvalue weighted by atomic mass is 19.1. The third kappa shape index (κ3) is 5.60. The van der Waals surface area contributed by atoms with Crippen LogP contribution in [-0.2, 0) is 4.74 Å². The van der Waals surface area contributed by atoms with E-state index >= 15 is 0 Å². The van der Waals surface area contributed by atoms with Crippen LogP contribution in [0.5, 0.6) is 0 Å². The van der Waals surface area contributed by atoms with Crippen LogP contribution in [0.3, 0.4) is 0 Å². The van der Waals surface area contributed by atoms with Crippen molar-refractivity contribution in [2.75, 3.05) is 13.2 Å². The Kier molecular flexibility index (Phi) is 9.52. The van der Waals surface area contributed by atoms with E-state index in [0.29, 0.717) is 25.2 Å². The Morgan fingerprint density at radius 1 is 1.44 bits per heavy atom. The fraction of sp³-hybridized carbons (Fsp3) is 0.400. The highest BCUT2D eigenvalue weighted by molar-refractivity contribution is 5.26. The zero-order chi connectivity index (χ0) is 13.8. The summed E-state index contributed by atoms with van der Waals surface area (Å²) >= 11 is 0. The first-order chi connectivity index (χ1) is 8.79. The van der Waals surface area contributed by atoms with Crippen molar-refractivity contribution in [3.63, 3.8) is 0 Å². The number of halogens is 1. The summed E-state index contributed by atoms with van der Waals surface area (Å²) in [4.78, 5) is 0. The Morgan fingerprint density at radius 3 is 2.67 bits per heavy atom. The number of nitrogens with zero attached hydrogens (tertiary/aromatic N) is 1. The topological polar surface area (TPSA) is 33.0 Å². The van der Waals surface area contributed by atoms with Gasteiger partial charge in [-0.1, -0.05) is 38.1 Å². The van der Waals surface area contributed by atoms with Crippen LogP contribution >= 0.6 is 0 Å². The molecule has 1 atom stereocenters. The molecule has 18 heavy (non-hydrogen) atoms. The number of benzene rings is 1. The molecule has 0 saturated carbocycles. The smallest absolute Gasteiger partial charge is 0.127 e. The minimum Gasteiger partial charge on any atom is -0.377 e. The number of ether oxygens (including phenoxy) is 1. The summed E-state index contributed by atoms with van der Waals surface area (Å²) in [7, 11) is 0. The molecule has 0 fully saturated rings. The average Bonchev–Trinajstić information content (AvgIpc) is 2.43. The van der Waals surface area contributed by atoms with Crippen molar-refractivity contribution in [2.45, 2.75) is 26.2 Å². The minimum atomic E-state index is -0.453. The molecule has 0 aromatic heterocycles. The van der Waals surface area contributed by atoms with Crippen molar-refractivity contribution < 1.29 is 9.13 Å². The van der Waals surface area contributed by atoms with E-state index < -0.39 is 5.92 Å². The first-order valence-corrected chi connectivity index (χ1v) is 6.12. The molecule has 1 aromatic rings. The standard InChI is InChI=1S/C13H14FNO.C2H6/c1-2-8-16-9-7-11(10-15)12-5-3-4-6-13(12)14;1-2/h2-6,11H,1,7-9H2;1-2H3. The predicted octanol–water partition coefficient (Wildman–Crippen LogP) is 4.05. The summed E-state index contributed by atoms with van der Waals surface area (Å²) in [6, 6.07) is 8.43. The number of hydrogen-bond acceptors (Lipinski definition) is 2. The molecular weight excluding hydrogens is 229 g/mol. The molecule has 0 radical (unpaired) electrons. The van der Waals surface area contributed by atoms with Crippen molar-refractivity contribution in [3.05, 3.63) is 48.3 Å². The Bertz CT molecular complexity index is 384. The Morgan fingerprint density at radius 2 is 2.11 bits per heavy atom. The van der Waals surface area contributed by atoms with Gasteiger partial charge in [-0.05, 0) is 12.5 Å². The Hall–Kier alpha value is -1.66. The van der Waals surface area contributed by atoms with Crippen LogP contribution < -0.4 is 0 Å². The highest BCUT2D eigenvalue weighted by Crippen LogP contribution is 2.21. The maximum Gasteiger partial charge on any atom is 0.127 e. The molecule has 1 unspecified atom stereocenters. The summed E-state index contributed by atoms with van der Waals surface area (Å²) in [5, 5.41) is 8.97. The van der Waals surface area contributed by atoms with E-state index in [1.54, 1.807) is 24.3 Å². The number of nitriles is 1. The Balaban J connectivity index is 0.00000137. The van der Waals surface area contributed by atoms with E-state index in [2.05, 4.69) is 12.6 Å². The maximum absolute atomic E-state index is 13.4. The lowest BCUT2D eigenvalue weighted by Crippen LogP contribution is -2.04. The zero-order valence-corrected chi connectivity index (χ0v) is 11.0. The minimum absolute atomic E-state index is 0.335. The molecule has 0 spiro atoms. The summed E-state index contributed by atoms with van der Waals surface area (Å²) in [5.41, 5.74) is 0.437. The van der Waals surface area contributed by atoms with Gasteiger partial charge in [0.25, 0.3) is 0 Å². The molecule has 1 aromatic carbocycles. The van der Waals surface area contributed by atoms with Crippen LogP contribution in [0.4, 0.5) is 4.39 Å². The number of rotatable bonds is 6. The van der Waals surface area contributed by atoms with E-state index in [1.165, 1.54) is 6.07 Å². The van der Waals surface area contributed by atoms with Crippen molar-refractivity contribution in [2.24, 2.45) is 0 Å². The molecular formula is C15H20FNO. The predicted molar refractivity (Wildman–Crippen MR) is 71.7 cm³/mol. The van der Waals surface area contributed by atoms with Gasteiger partial charge in [-0.15, -0.1) is 6.58 Å². The fourth-order valence-electron chi connectivity index (χ4n) is 1.42. The van der Waals surface area contributed by atoms with Gasteiger partial charge in [-0.25, -0.2) is 4.39 Å². The third-order valence-corrected chi connectivity index (χ3v) is 2.22. The lowest BCUT2D eigenvalue weighted by Gasteiger charge is -2.09. The first-order valence-electron chi connectivity index (χ1n) is 6.12. The highest BCUT2D eigenvalue weighted by Gasteiger charge is 2.14. The van der Waals surface area contributed by atoms with Gasteiger partial charge in [0.05, 0.1) is 18.6 Å². The van der Waals surface area contributed by atoms with Gasteiger partial charge in [0.1, 0.15) is 5.82 Å². The maximum atomic E-state index is 13.4. The summed E-state index contributed by atoms with van der Waals surface area (Å²) < 4.78 is 18.6. The Labute approximate surface area is 109 Å². The largest absolute Gasteiger partial charge is 0.377 e. The zero-order valence-electron chi connectivity index (χ0n) is 11.0. The molecule has 0 aliphatic heterocycles.